The Morgan fingerprint density at radius 3 is 2.38 bits per heavy atom. The molecule has 0 atom stereocenters. The summed E-state index contributed by atoms with van der Waals surface area (Å²) < 4.78 is 34.0. The highest BCUT2D eigenvalue weighted by molar-refractivity contribution is 6.46. The van der Waals surface area contributed by atoms with Crippen LogP contribution < -0.4 is 15.0 Å². The Bertz CT molecular complexity index is 1490. The lowest BCUT2D eigenvalue weighted by atomic mass is 10.0. The number of nitrogens with zero attached hydrogens (tertiary/aromatic N) is 1. The third-order valence-corrected chi connectivity index (χ3v) is 5.66. The maximum absolute atomic E-state index is 14.6. The Hall–Kier alpha value is -4.52. The molecule has 1 N–H and O–H groups in total. The van der Waals surface area contributed by atoms with Gasteiger partial charge >= 0.3 is 0 Å². The number of carbonyl (C=O) groups is 2. The van der Waals surface area contributed by atoms with Gasteiger partial charge in [0.25, 0.3) is 11.8 Å². The van der Waals surface area contributed by atoms with E-state index in [1.165, 1.54) is 7.11 Å². The van der Waals surface area contributed by atoms with Crippen LogP contribution in [0, 0.1) is 11.6 Å². The van der Waals surface area contributed by atoms with Crippen molar-refractivity contribution in [2.45, 2.75) is 0 Å². The molecule has 0 aromatic heterocycles. The lowest BCUT2D eigenvalue weighted by Crippen LogP contribution is -2.33. The molecular weight excluding hydrogens is 438 g/mol. The average molecular weight is 456 g/mol. The van der Waals surface area contributed by atoms with Crippen LogP contribution in [0.5, 0.6) is 5.75 Å². The van der Waals surface area contributed by atoms with Crippen LogP contribution in [0.1, 0.15) is 5.56 Å². The van der Waals surface area contributed by atoms with Crippen molar-refractivity contribution in [2.24, 2.45) is 0 Å². The summed E-state index contributed by atoms with van der Waals surface area (Å²) in [6, 6.07) is 22.4. The second kappa shape index (κ2) is 8.44. The molecule has 1 aliphatic heterocycles. The fourth-order valence-electron chi connectivity index (χ4n) is 4.09. The van der Waals surface area contributed by atoms with E-state index in [0.29, 0.717) is 21.9 Å². The molecule has 0 spiro atoms. The molecule has 0 bridgehead atoms. The van der Waals surface area contributed by atoms with Crippen molar-refractivity contribution in [3.8, 4) is 5.75 Å². The number of carbonyl (C=O) groups excluding carboxylic acids is 2. The topological polar surface area (TPSA) is 58.6 Å². The highest BCUT2D eigenvalue weighted by atomic mass is 19.1. The van der Waals surface area contributed by atoms with Crippen molar-refractivity contribution >= 4 is 39.5 Å². The highest BCUT2D eigenvalue weighted by Gasteiger charge is 2.42. The van der Waals surface area contributed by atoms with Gasteiger partial charge in [-0.15, -0.1) is 0 Å². The molecule has 2 amide bonds. The van der Waals surface area contributed by atoms with Gasteiger partial charge in [-0.25, -0.2) is 13.7 Å². The summed E-state index contributed by atoms with van der Waals surface area (Å²) in [7, 11) is 1.45. The maximum atomic E-state index is 14.6. The number of amides is 2. The van der Waals surface area contributed by atoms with Gasteiger partial charge in [0.1, 0.15) is 23.1 Å². The molecule has 1 aliphatic rings. The van der Waals surface area contributed by atoms with E-state index in [4.69, 9.17) is 4.74 Å². The summed E-state index contributed by atoms with van der Waals surface area (Å²) in [6.45, 7) is 0. The number of hydrogen-bond donors (Lipinski definition) is 1. The maximum Gasteiger partial charge on any atom is 0.282 e. The summed E-state index contributed by atoms with van der Waals surface area (Å²) in [4.78, 5) is 27.8. The predicted octanol–water partition coefficient (Wildman–Crippen LogP) is 5.52. The largest absolute Gasteiger partial charge is 0.496 e. The number of nitrogens with one attached hydrogen (secondary N) is 1. The molecule has 5 rings (SSSR count). The van der Waals surface area contributed by atoms with Gasteiger partial charge in [0, 0.05) is 22.7 Å². The second-order valence-electron chi connectivity index (χ2n) is 7.64. The van der Waals surface area contributed by atoms with E-state index >= 15 is 0 Å². The molecule has 7 heteroatoms. The Morgan fingerprint density at radius 2 is 1.56 bits per heavy atom. The van der Waals surface area contributed by atoms with Crippen LogP contribution in [-0.2, 0) is 9.59 Å². The summed E-state index contributed by atoms with van der Waals surface area (Å²) in [5.41, 5.74) is 0.416. The lowest BCUT2D eigenvalue weighted by molar-refractivity contribution is -0.120. The first-order valence-electron chi connectivity index (χ1n) is 10.5. The van der Waals surface area contributed by atoms with Crippen molar-refractivity contribution in [2.75, 3.05) is 17.3 Å². The van der Waals surface area contributed by atoms with Gasteiger partial charge in [0.2, 0.25) is 0 Å². The Labute approximate surface area is 193 Å². The summed E-state index contributed by atoms with van der Waals surface area (Å²) in [5.74, 6) is -2.90. The molecule has 0 saturated carbocycles. The predicted molar refractivity (Wildman–Crippen MR) is 126 cm³/mol. The zero-order valence-electron chi connectivity index (χ0n) is 18.0. The number of methoxy groups -OCH3 is 1. The second-order valence-corrected chi connectivity index (χ2v) is 7.64. The molecule has 34 heavy (non-hydrogen) atoms. The SMILES string of the molecule is COc1ccccc1C1=C(Nc2cccc3ccccc23)C(=O)N(c2cc(F)ccc2F)C1=O. The van der Waals surface area contributed by atoms with Gasteiger partial charge in [0.15, 0.2) is 0 Å². The number of anilines is 2. The summed E-state index contributed by atoms with van der Waals surface area (Å²) >= 11 is 0. The first-order valence-corrected chi connectivity index (χ1v) is 10.5. The molecule has 0 unspecified atom stereocenters. The minimum atomic E-state index is -0.895. The number of para-hydroxylation sites is 1. The minimum absolute atomic E-state index is 0.000884. The zero-order valence-corrected chi connectivity index (χ0v) is 18.0. The van der Waals surface area contributed by atoms with E-state index in [0.717, 1.165) is 29.0 Å². The number of benzene rings is 4. The fourth-order valence-corrected chi connectivity index (χ4v) is 4.09. The van der Waals surface area contributed by atoms with Gasteiger partial charge in [0.05, 0.1) is 18.4 Å². The first kappa shape index (κ1) is 21.3. The number of hydrogen-bond acceptors (Lipinski definition) is 4. The molecule has 4 aromatic carbocycles. The number of rotatable bonds is 5. The summed E-state index contributed by atoms with van der Waals surface area (Å²) in [5, 5.41) is 4.85. The van der Waals surface area contributed by atoms with Crippen molar-refractivity contribution < 1.29 is 23.1 Å². The Morgan fingerprint density at radius 1 is 0.824 bits per heavy atom. The molecule has 1 heterocycles. The fraction of sp³-hybridized carbons (Fsp3) is 0.0370. The quantitative estimate of drug-likeness (QED) is 0.402. The van der Waals surface area contributed by atoms with Gasteiger partial charge in [-0.05, 0) is 29.7 Å². The van der Waals surface area contributed by atoms with Crippen LogP contribution in [0.25, 0.3) is 16.3 Å². The number of halogens is 2. The third kappa shape index (κ3) is 3.47. The normalized spacial score (nSPS) is 13.7. The standard InChI is InChI=1S/C27H18F2N2O3/c1-34-23-12-5-4-10-19(23)24-25(30-21-11-6-8-16-7-2-3-9-18(16)21)27(33)31(26(24)32)22-15-17(28)13-14-20(22)29/h2-15,30H,1H3. The lowest BCUT2D eigenvalue weighted by Gasteiger charge is -2.16. The van der Waals surface area contributed by atoms with Crippen LogP contribution in [0.3, 0.4) is 0 Å². The number of fused-ring (bicyclic) bond motifs is 1. The molecular formula is C27H18F2N2O3. The molecule has 0 fully saturated rings. The Balaban J connectivity index is 1.71. The molecule has 5 nitrogen and oxygen atoms in total. The van der Waals surface area contributed by atoms with Crippen molar-refractivity contribution in [3.63, 3.8) is 0 Å². The van der Waals surface area contributed by atoms with Crippen molar-refractivity contribution in [1.29, 1.82) is 0 Å². The van der Waals surface area contributed by atoms with Crippen LogP contribution in [-0.4, -0.2) is 18.9 Å². The van der Waals surface area contributed by atoms with Gasteiger partial charge in [-0.1, -0.05) is 54.6 Å². The average Bonchev–Trinajstić information content (AvgIpc) is 3.09. The monoisotopic (exact) mass is 456 g/mol. The van der Waals surface area contributed by atoms with Crippen LogP contribution in [0.4, 0.5) is 20.2 Å². The molecule has 0 saturated heterocycles. The smallest absolute Gasteiger partial charge is 0.282 e. The van der Waals surface area contributed by atoms with Crippen molar-refractivity contribution in [3.05, 3.63) is 108 Å². The molecule has 0 radical (unpaired) electrons. The Kier molecular flexibility index (Phi) is 5.30. The third-order valence-electron chi connectivity index (χ3n) is 5.66. The molecule has 0 aliphatic carbocycles. The van der Waals surface area contributed by atoms with Gasteiger partial charge in [-0.2, -0.15) is 0 Å². The van der Waals surface area contributed by atoms with Gasteiger partial charge < -0.3 is 10.1 Å². The van der Waals surface area contributed by atoms with E-state index in [2.05, 4.69) is 5.32 Å². The summed E-state index contributed by atoms with van der Waals surface area (Å²) in [6.07, 6.45) is 0. The van der Waals surface area contributed by atoms with E-state index in [-0.39, 0.29) is 11.3 Å². The van der Waals surface area contributed by atoms with Crippen LogP contribution in [0.15, 0.2) is 90.6 Å². The minimum Gasteiger partial charge on any atom is -0.496 e. The van der Waals surface area contributed by atoms with E-state index < -0.39 is 29.1 Å². The number of ether oxygens (including phenoxy) is 1. The van der Waals surface area contributed by atoms with Crippen molar-refractivity contribution in [1.82, 2.24) is 0 Å². The first-order chi connectivity index (χ1) is 16.5. The number of imide groups is 1. The van der Waals surface area contributed by atoms with E-state index in [1.54, 1.807) is 30.3 Å². The molecule has 168 valence electrons. The van der Waals surface area contributed by atoms with Crippen LogP contribution >= 0.6 is 0 Å². The van der Waals surface area contributed by atoms with Crippen LogP contribution in [0.2, 0.25) is 0 Å². The zero-order chi connectivity index (χ0) is 23.8. The van der Waals surface area contributed by atoms with Gasteiger partial charge in [-0.3, -0.25) is 9.59 Å². The molecule has 4 aromatic rings. The van der Waals surface area contributed by atoms with E-state index in [1.807, 2.05) is 36.4 Å². The highest BCUT2D eigenvalue weighted by Crippen LogP contribution is 2.39. The van der Waals surface area contributed by atoms with E-state index in [9.17, 15) is 18.4 Å².